The highest BCUT2D eigenvalue weighted by atomic mass is 32.2. The number of sulfonamides is 1. The zero-order chi connectivity index (χ0) is 14.2. The maximum Gasteiger partial charge on any atom is 0.243 e. The molecule has 0 saturated carbocycles. The fourth-order valence-corrected chi connectivity index (χ4v) is 4.32. The predicted octanol–water partition coefficient (Wildman–Crippen LogP) is 0.994. The zero-order valence-electron chi connectivity index (χ0n) is 11.6. The van der Waals surface area contributed by atoms with Gasteiger partial charge >= 0.3 is 0 Å². The number of rotatable bonds is 3. The predicted molar refractivity (Wildman–Crippen MR) is 76.5 cm³/mol. The third-order valence-corrected chi connectivity index (χ3v) is 6.07. The Hall–Kier alpha value is -1.11. The van der Waals surface area contributed by atoms with Crippen molar-refractivity contribution in [3.05, 3.63) is 23.8 Å². The molecule has 3 rings (SSSR count). The lowest BCUT2D eigenvalue weighted by Gasteiger charge is -2.30. The van der Waals surface area contributed by atoms with Gasteiger partial charge in [0.25, 0.3) is 0 Å². The molecule has 6 heteroatoms. The Bertz CT molecular complexity index is 594. The molecule has 1 fully saturated rings. The van der Waals surface area contributed by atoms with Crippen LogP contribution >= 0.6 is 0 Å². The minimum Gasteiger partial charge on any atom is -0.493 e. The van der Waals surface area contributed by atoms with E-state index in [1.807, 2.05) is 0 Å². The van der Waals surface area contributed by atoms with Gasteiger partial charge in [-0.25, -0.2) is 8.42 Å². The molecule has 1 saturated heterocycles. The molecular weight excluding hydrogens is 276 g/mol. The smallest absolute Gasteiger partial charge is 0.243 e. The van der Waals surface area contributed by atoms with E-state index < -0.39 is 10.0 Å². The second kappa shape index (κ2) is 5.35. The van der Waals surface area contributed by atoms with Crippen LogP contribution in [0.25, 0.3) is 0 Å². The van der Waals surface area contributed by atoms with Gasteiger partial charge in [0.05, 0.1) is 11.5 Å². The Morgan fingerprint density at radius 3 is 2.80 bits per heavy atom. The molecule has 0 aliphatic carbocycles. The van der Waals surface area contributed by atoms with Crippen molar-refractivity contribution in [2.75, 3.05) is 26.7 Å². The van der Waals surface area contributed by atoms with E-state index in [2.05, 4.69) is 5.32 Å². The average molecular weight is 296 g/mol. The van der Waals surface area contributed by atoms with Crippen molar-refractivity contribution in [1.82, 2.24) is 9.62 Å². The van der Waals surface area contributed by atoms with Gasteiger partial charge in [0.2, 0.25) is 10.0 Å². The molecule has 20 heavy (non-hydrogen) atoms. The van der Waals surface area contributed by atoms with Crippen molar-refractivity contribution in [3.63, 3.8) is 0 Å². The van der Waals surface area contributed by atoms with Crippen LogP contribution in [0.4, 0.5) is 0 Å². The van der Waals surface area contributed by atoms with Gasteiger partial charge in [0.1, 0.15) is 5.75 Å². The van der Waals surface area contributed by atoms with Crippen molar-refractivity contribution < 1.29 is 13.2 Å². The van der Waals surface area contributed by atoms with E-state index in [0.717, 1.165) is 43.7 Å². The van der Waals surface area contributed by atoms with Crippen LogP contribution in [0.2, 0.25) is 0 Å². The van der Waals surface area contributed by atoms with Gasteiger partial charge in [-0.2, -0.15) is 4.31 Å². The summed E-state index contributed by atoms with van der Waals surface area (Å²) in [7, 11) is -1.72. The van der Waals surface area contributed by atoms with Gasteiger partial charge < -0.3 is 10.1 Å². The average Bonchev–Trinajstić information content (AvgIpc) is 2.94. The molecule has 0 amide bonds. The molecule has 0 spiro atoms. The first-order chi connectivity index (χ1) is 9.59. The van der Waals surface area contributed by atoms with Crippen molar-refractivity contribution >= 4 is 10.0 Å². The molecule has 2 aliphatic rings. The number of nitrogens with zero attached hydrogens (tertiary/aromatic N) is 1. The zero-order valence-corrected chi connectivity index (χ0v) is 12.4. The highest BCUT2D eigenvalue weighted by molar-refractivity contribution is 7.89. The normalized spacial score (nSPS) is 19.9. The quantitative estimate of drug-likeness (QED) is 0.904. The third kappa shape index (κ3) is 2.43. The lowest BCUT2D eigenvalue weighted by molar-refractivity contribution is 0.296. The molecule has 0 bridgehead atoms. The van der Waals surface area contributed by atoms with E-state index in [9.17, 15) is 8.42 Å². The summed E-state index contributed by atoms with van der Waals surface area (Å²) in [6, 6.07) is 5.27. The summed E-state index contributed by atoms with van der Waals surface area (Å²) < 4.78 is 32.4. The Morgan fingerprint density at radius 2 is 2.05 bits per heavy atom. The van der Waals surface area contributed by atoms with Gasteiger partial charge in [0, 0.05) is 19.5 Å². The Balaban J connectivity index is 1.87. The van der Waals surface area contributed by atoms with Crippen LogP contribution < -0.4 is 10.1 Å². The molecule has 2 heterocycles. The summed E-state index contributed by atoms with van der Waals surface area (Å²) >= 11 is 0. The monoisotopic (exact) mass is 296 g/mol. The topological polar surface area (TPSA) is 58.6 Å². The number of fused-ring (bicyclic) bond motifs is 1. The van der Waals surface area contributed by atoms with E-state index in [0.29, 0.717) is 11.5 Å². The van der Waals surface area contributed by atoms with Gasteiger partial charge in [-0.15, -0.1) is 0 Å². The molecule has 0 radical (unpaired) electrons. The number of hydrogen-bond donors (Lipinski definition) is 1. The summed E-state index contributed by atoms with van der Waals surface area (Å²) in [4.78, 5) is 0.378. The molecular formula is C14H20N2O3S. The fourth-order valence-electron chi connectivity index (χ4n) is 2.86. The second-order valence-corrected chi connectivity index (χ2v) is 7.37. The standard InChI is InChI=1S/C14H20N2O3S/c1-16(12-4-7-15-8-5-12)20(17,18)13-2-3-14-11(10-13)6-9-19-14/h2-3,10,12,15H,4-9H2,1H3. The van der Waals surface area contributed by atoms with E-state index in [1.54, 1.807) is 25.2 Å². The summed E-state index contributed by atoms with van der Waals surface area (Å²) in [6.45, 7) is 2.40. The Morgan fingerprint density at radius 1 is 1.30 bits per heavy atom. The highest BCUT2D eigenvalue weighted by Crippen LogP contribution is 2.29. The molecule has 0 unspecified atom stereocenters. The van der Waals surface area contributed by atoms with Gasteiger partial charge in [-0.3, -0.25) is 0 Å². The summed E-state index contributed by atoms with van der Waals surface area (Å²) in [6.07, 6.45) is 2.52. The number of ether oxygens (including phenoxy) is 1. The fraction of sp³-hybridized carbons (Fsp3) is 0.571. The first kappa shape index (κ1) is 13.9. The number of nitrogens with one attached hydrogen (secondary N) is 1. The minimum atomic E-state index is -3.41. The lowest BCUT2D eigenvalue weighted by atomic mass is 10.1. The summed E-state index contributed by atoms with van der Waals surface area (Å²) in [5.74, 6) is 0.813. The van der Waals surface area contributed by atoms with Crippen LogP contribution in [0, 0.1) is 0 Å². The van der Waals surface area contributed by atoms with Crippen LogP contribution in [0.1, 0.15) is 18.4 Å². The van der Waals surface area contributed by atoms with Gasteiger partial charge in [-0.05, 0) is 49.7 Å². The maximum absolute atomic E-state index is 12.7. The number of benzene rings is 1. The molecule has 1 aromatic rings. The number of hydrogen-bond acceptors (Lipinski definition) is 4. The Kier molecular flexibility index (Phi) is 3.70. The first-order valence-corrected chi connectivity index (χ1v) is 8.47. The van der Waals surface area contributed by atoms with E-state index in [1.165, 1.54) is 4.31 Å². The van der Waals surface area contributed by atoms with E-state index in [4.69, 9.17) is 4.74 Å². The molecule has 2 aliphatic heterocycles. The molecule has 5 nitrogen and oxygen atoms in total. The van der Waals surface area contributed by atoms with Gasteiger partial charge in [-0.1, -0.05) is 0 Å². The van der Waals surface area contributed by atoms with Gasteiger partial charge in [0.15, 0.2) is 0 Å². The maximum atomic E-state index is 12.7. The summed E-state index contributed by atoms with van der Waals surface area (Å²) in [5.41, 5.74) is 0.991. The molecule has 110 valence electrons. The van der Waals surface area contributed by atoms with Crippen LogP contribution in [0.5, 0.6) is 5.75 Å². The summed E-state index contributed by atoms with van der Waals surface area (Å²) in [5, 5.41) is 3.26. The molecule has 0 aromatic heterocycles. The largest absolute Gasteiger partial charge is 0.493 e. The van der Waals surface area contributed by atoms with Crippen molar-refractivity contribution in [1.29, 1.82) is 0 Å². The lowest BCUT2D eigenvalue weighted by Crippen LogP contribution is -2.43. The van der Waals surface area contributed by atoms with Crippen LogP contribution in [0.15, 0.2) is 23.1 Å². The third-order valence-electron chi connectivity index (χ3n) is 4.16. The minimum absolute atomic E-state index is 0.0887. The Labute approximate surface area is 120 Å². The van der Waals surface area contributed by atoms with Crippen LogP contribution in [-0.4, -0.2) is 45.5 Å². The van der Waals surface area contributed by atoms with E-state index >= 15 is 0 Å². The molecule has 0 atom stereocenters. The molecule has 1 N–H and O–H groups in total. The van der Waals surface area contributed by atoms with Crippen molar-refractivity contribution in [3.8, 4) is 5.75 Å². The van der Waals surface area contributed by atoms with Crippen molar-refractivity contribution in [2.24, 2.45) is 0 Å². The number of piperidine rings is 1. The van der Waals surface area contributed by atoms with E-state index in [-0.39, 0.29) is 6.04 Å². The molecule has 1 aromatic carbocycles. The van der Waals surface area contributed by atoms with Crippen molar-refractivity contribution in [2.45, 2.75) is 30.2 Å². The highest BCUT2D eigenvalue weighted by Gasteiger charge is 2.29. The van der Waals surface area contributed by atoms with Crippen LogP contribution in [0.3, 0.4) is 0 Å². The van der Waals surface area contributed by atoms with Crippen LogP contribution in [-0.2, 0) is 16.4 Å². The SMILES string of the molecule is CN(C1CCNCC1)S(=O)(=O)c1ccc2c(c1)CCO2. The second-order valence-electron chi connectivity index (χ2n) is 5.37. The first-order valence-electron chi connectivity index (χ1n) is 7.03.